The predicted octanol–water partition coefficient (Wildman–Crippen LogP) is 2.11. The number of aromatic nitrogens is 2. The number of imidazole rings is 1. The van der Waals surface area contributed by atoms with Crippen LogP contribution in [0.15, 0.2) is 49.1 Å². The van der Waals surface area contributed by atoms with Crippen molar-refractivity contribution in [2.45, 2.75) is 43.8 Å². The van der Waals surface area contributed by atoms with E-state index in [0.717, 1.165) is 19.4 Å². The molecule has 1 unspecified atom stereocenters. The summed E-state index contributed by atoms with van der Waals surface area (Å²) in [6.45, 7) is 1.62. The number of aryl methyl sites for hydroxylation is 1. The van der Waals surface area contributed by atoms with Gasteiger partial charge in [0.05, 0.1) is 10.4 Å². The standard InChI is InChI=1S/C20H23F6N3O8S2/c1-4-35-14(2)37-18(30)16(28-11-10-27(3)13-28)17(36-12-15-8-6-5-7-9-15)29(38(31,32)19(21,22)23)39(33,34)20(24,25)26/h5-11,13-14,16H,4,12H2,1-3H3/q+2/t14-,16?/m1/s1. The van der Waals surface area contributed by atoms with Crippen LogP contribution < -0.4 is 4.57 Å². The maximum atomic E-state index is 13.6. The summed E-state index contributed by atoms with van der Waals surface area (Å²) in [7, 11) is -13.5. The van der Waals surface area contributed by atoms with Gasteiger partial charge < -0.3 is 14.2 Å². The number of benzene rings is 1. The molecule has 1 aromatic carbocycles. The number of alkyl halides is 6. The van der Waals surface area contributed by atoms with Crippen LogP contribution in [0.5, 0.6) is 0 Å². The second kappa shape index (κ2) is 11.9. The highest BCUT2D eigenvalue weighted by molar-refractivity contribution is 7.98. The molecule has 0 aliphatic heterocycles. The summed E-state index contributed by atoms with van der Waals surface area (Å²) in [5.41, 5.74) is -13.1. The first kappa shape index (κ1) is 32.0. The van der Waals surface area contributed by atoms with Crippen molar-refractivity contribution in [3.63, 3.8) is 0 Å². The zero-order chi connectivity index (χ0) is 29.8. The minimum absolute atomic E-state index is 0.0459. The van der Waals surface area contributed by atoms with Crippen LogP contribution >= 0.6 is 0 Å². The number of nitrogens with zero attached hydrogens (tertiary/aromatic N) is 3. The van der Waals surface area contributed by atoms with Gasteiger partial charge in [-0.1, -0.05) is 30.3 Å². The topological polar surface area (TPSA) is 125 Å². The highest BCUT2D eigenvalue weighted by atomic mass is 32.3. The van der Waals surface area contributed by atoms with Gasteiger partial charge in [0, 0.05) is 6.61 Å². The Kier molecular flexibility index (Phi) is 9.78. The number of carbonyl (C=O) groups is 1. The number of esters is 1. The van der Waals surface area contributed by atoms with Crippen molar-refractivity contribution in [1.29, 1.82) is 0 Å². The van der Waals surface area contributed by atoms with E-state index < -0.39 is 65.3 Å². The lowest BCUT2D eigenvalue weighted by atomic mass is 10.2. The Hall–Kier alpha value is -3.19. The first-order valence-electron chi connectivity index (χ1n) is 10.7. The molecular formula is C20H23F6N3O8S2+2. The third kappa shape index (κ3) is 7.27. The predicted molar refractivity (Wildman–Crippen MR) is 118 cm³/mol. The van der Waals surface area contributed by atoms with Crippen LogP contribution in [-0.4, -0.2) is 60.6 Å². The van der Waals surface area contributed by atoms with Crippen LogP contribution in [0, 0.1) is 0 Å². The van der Waals surface area contributed by atoms with Gasteiger partial charge in [-0.15, -0.1) is 0 Å². The molecule has 0 saturated carbocycles. The number of ether oxygens (including phenoxy) is 3. The molecule has 1 aromatic heterocycles. The second-order valence-electron chi connectivity index (χ2n) is 7.60. The Morgan fingerprint density at radius 2 is 1.56 bits per heavy atom. The number of rotatable bonds is 10. The number of carbonyl (C=O) groups excluding carboxylic acids is 1. The Bertz CT molecular complexity index is 1360. The average molecular weight is 612 g/mol. The fraction of sp³-hybridized carbons (Fsp3) is 0.450. The molecule has 19 heteroatoms. The fourth-order valence-electron chi connectivity index (χ4n) is 2.99. The molecule has 0 saturated heterocycles. The van der Waals surface area contributed by atoms with Gasteiger partial charge in [0.15, 0.2) is 6.29 Å². The van der Waals surface area contributed by atoms with Gasteiger partial charge in [-0.25, -0.2) is 13.9 Å². The Morgan fingerprint density at radius 3 is 2.00 bits per heavy atom. The number of halogens is 6. The zero-order valence-electron chi connectivity index (χ0n) is 20.4. The van der Waals surface area contributed by atoms with Gasteiger partial charge in [-0.2, -0.15) is 43.2 Å². The van der Waals surface area contributed by atoms with Crippen LogP contribution in [0.4, 0.5) is 26.3 Å². The Balaban J connectivity index is 3.03. The molecule has 11 nitrogen and oxygen atoms in total. The molecule has 0 radical (unpaired) electrons. The van der Waals surface area contributed by atoms with Gasteiger partial charge in [0.1, 0.15) is 19.0 Å². The van der Waals surface area contributed by atoms with Crippen molar-refractivity contribution in [3.05, 3.63) is 54.6 Å². The van der Waals surface area contributed by atoms with Crippen LogP contribution in [-0.2, 0) is 52.7 Å². The summed E-state index contributed by atoms with van der Waals surface area (Å²) in [5.74, 6) is -3.77. The molecule has 0 aliphatic carbocycles. The Morgan fingerprint density at radius 1 is 1.03 bits per heavy atom. The maximum absolute atomic E-state index is 13.6. The molecule has 0 amide bonds. The van der Waals surface area contributed by atoms with Crippen molar-refractivity contribution in [2.75, 3.05) is 6.61 Å². The van der Waals surface area contributed by atoms with E-state index in [0.29, 0.717) is 4.57 Å². The molecule has 2 rings (SSSR count). The molecule has 0 aliphatic rings. The molecule has 2 aromatic rings. The zero-order valence-corrected chi connectivity index (χ0v) is 22.0. The summed E-state index contributed by atoms with van der Waals surface area (Å²) >= 11 is 0. The lowest BCUT2D eigenvalue weighted by molar-refractivity contribution is -0.671. The quantitative estimate of drug-likeness (QED) is 0.1000. The summed E-state index contributed by atoms with van der Waals surface area (Å²) in [6.07, 6.45) is 1.60. The normalized spacial score (nSPS) is 14.4. The van der Waals surface area contributed by atoms with Crippen molar-refractivity contribution in [1.82, 2.24) is 4.57 Å². The van der Waals surface area contributed by atoms with E-state index in [-0.39, 0.29) is 12.2 Å². The molecule has 0 N–H and O–H groups in total. The smallest absolute Gasteiger partial charge is 0.438 e. The highest BCUT2D eigenvalue weighted by Crippen LogP contribution is 2.34. The van der Waals surface area contributed by atoms with Crippen molar-refractivity contribution in [3.8, 4) is 0 Å². The molecule has 0 bridgehead atoms. The van der Waals surface area contributed by atoms with E-state index in [1.54, 1.807) is 0 Å². The van der Waals surface area contributed by atoms with Crippen LogP contribution in [0.1, 0.15) is 25.5 Å². The minimum atomic E-state index is -7.40. The van der Waals surface area contributed by atoms with Gasteiger partial charge >= 0.3 is 49.0 Å². The van der Waals surface area contributed by atoms with Crippen molar-refractivity contribution in [2.24, 2.45) is 7.05 Å². The van der Waals surface area contributed by atoms with E-state index in [1.165, 1.54) is 55.1 Å². The SMILES string of the molecule is CCO[C@@H](C)OC(=O)C(C(OCc1ccccc1)=[N+](S(=O)(=O)C(F)(F)F)S(=O)(=O)C(F)(F)F)n1cc[n+](C)c1. The van der Waals surface area contributed by atoms with E-state index in [9.17, 15) is 48.0 Å². The summed E-state index contributed by atoms with van der Waals surface area (Å²) in [5, 5.41) is 0. The molecule has 0 fully saturated rings. The number of sulfonamides is 2. The largest absolute Gasteiger partial charge is 0.561 e. The first-order valence-corrected chi connectivity index (χ1v) is 13.5. The van der Waals surface area contributed by atoms with Gasteiger partial charge in [0.25, 0.3) is 0 Å². The van der Waals surface area contributed by atoms with Crippen LogP contribution in [0.2, 0.25) is 0 Å². The lowest BCUT2D eigenvalue weighted by Crippen LogP contribution is -2.50. The van der Waals surface area contributed by atoms with Gasteiger partial charge in [0.2, 0.25) is 6.33 Å². The van der Waals surface area contributed by atoms with Crippen LogP contribution in [0.25, 0.3) is 0 Å². The third-order valence-electron chi connectivity index (χ3n) is 4.66. The lowest BCUT2D eigenvalue weighted by Gasteiger charge is -2.19. The van der Waals surface area contributed by atoms with Crippen LogP contribution in [0.3, 0.4) is 0 Å². The number of hydrogen-bond donors (Lipinski definition) is 0. The third-order valence-corrected chi connectivity index (χ3v) is 8.24. The summed E-state index contributed by atoms with van der Waals surface area (Å²) in [6, 6.07) is 4.24. The van der Waals surface area contributed by atoms with Gasteiger partial charge in [-0.3, -0.25) is 0 Å². The van der Waals surface area contributed by atoms with Gasteiger partial charge in [-0.05, 0) is 19.4 Å². The van der Waals surface area contributed by atoms with E-state index in [4.69, 9.17) is 14.2 Å². The highest BCUT2D eigenvalue weighted by Gasteiger charge is 2.70. The van der Waals surface area contributed by atoms with E-state index in [1.807, 2.05) is 0 Å². The number of hydrogen-bond acceptors (Lipinski definition) is 8. The molecule has 218 valence electrons. The Labute approximate surface area is 218 Å². The van der Waals surface area contributed by atoms with Crippen molar-refractivity contribution >= 4 is 31.9 Å². The van der Waals surface area contributed by atoms with Crippen molar-refractivity contribution < 1.29 is 70.1 Å². The average Bonchev–Trinajstić information content (AvgIpc) is 3.22. The second-order valence-corrected chi connectivity index (χ2v) is 11.4. The molecule has 0 spiro atoms. The molecular weight excluding hydrogens is 588 g/mol. The molecule has 1 heterocycles. The molecule has 2 atom stereocenters. The summed E-state index contributed by atoms with van der Waals surface area (Å²) in [4.78, 5) is 13.1. The maximum Gasteiger partial charge on any atom is 0.561 e. The molecule has 39 heavy (non-hydrogen) atoms. The monoisotopic (exact) mass is 611 g/mol. The van der Waals surface area contributed by atoms with E-state index >= 15 is 0 Å². The fourth-order valence-corrected chi connectivity index (χ4v) is 5.68. The minimum Gasteiger partial charge on any atom is -0.438 e. The summed E-state index contributed by atoms with van der Waals surface area (Å²) < 4.78 is 146. The van der Waals surface area contributed by atoms with E-state index in [2.05, 4.69) is 0 Å². The first-order chi connectivity index (χ1) is 17.8.